The van der Waals surface area contributed by atoms with Crippen molar-refractivity contribution in [1.82, 2.24) is 0 Å². The van der Waals surface area contributed by atoms with Crippen molar-refractivity contribution in [2.24, 2.45) is 5.41 Å². The maximum Gasteiger partial charge on any atom is 0.326 e. The first-order valence-corrected chi connectivity index (χ1v) is 4.78. The van der Waals surface area contributed by atoms with Crippen LogP contribution < -0.4 is 0 Å². The Balaban J connectivity index is 4.65. The van der Waals surface area contributed by atoms with Gasteiger partial charge in [-0.05, 0) is 27.2 Å². The Morgan fingerprint density at radius 1 is 1.71 bits per heavy atom. The number of hydrogen-bond donors (Lipinski definition) is 0. The van der Waals surface area contributed by atoms with Crippen LogP contribution in [-0.2, 0) is 9.53 Å². The van der Waals surface area contributed by atoms with Gasteiger partial charge >= 0.3 is 5.97 Å². The van der Waals surface area contributed by atoms with Gasteiger partial charge in [0.2, 0.25) is 0 Å². The van der Waals surface area contributed by atoms with Crippen LogP contribution in [0.1, 0.15) is 27.2 Å². The molecule has 0 radical (unpaired) electrons. The zero-order valence-electron chi connectivity index (χ0n) is 8.63. The molecule has 0 spiro atoms. The summed E-state index contributed by atoms with van der Waals surface area (Å²) in [6.07, 6.45) is 0.297. The zero-order valence-corrected chi connectivity index (χ0v) is 9.39. The van der Waals surface area contributed by atoms with Crippen molar-refractivity contribution in [2.75, 3.05) is 6.61 Å². The lowest BCUT2D eigenvalue weighted by Gasteiger charge is -2.19. The van der Waals surface area contributed by atoms with E-state index >= 15 is 0 Å². The van der Waals surface area contributed by atoms with Gasteiger partial charge in [0.25, 0.3) is 0 Å². The minimum Gasteiger partial charge on any atom is -0.465 e. The SMILES string of the molecule is CCOC(=O)C(C)(C#N)CC(C)=CCl. The number of nitriles is 1. The van der Waals surface area contributed by atoms with Crippen LogP contribution in [-0.4, -0.2) is 12.6 Å². The summed E-state index contributed by atoms with van der Waals surface area (Å²) in [6, 6.07) is 1.95. The number of nitrogens with zero attached hydrogens (tertiary/aromatic N) is 1. The summed E-state index contributed by atoms with van der Waals surface area (Å²) in [6.45, 7) is 5.30. The van der Waals surface area contributed by atoms with Crippen molar-refractivity contribution in [3.05, 3.63) is 11.1 Å². The highest BCUT2D eigenvalue weighted by molar-refractivity contribution is 6.25. The first kappa shape index (κ1) is 13.0. The fourth-order valence-electron chi connectivity index (χ4n) is 1.04. The molecule has 0 aliphatic carbocycles. The Morgan fingerprint density at radius 2 is 2.29 bits per heavy atom. The lowest BCUT2D eigenvalue weighted by Crippen LogP contribution is -2.28. The molecule has 14 heavy (non-hydrogen) atoms. The van der Waals surface area contributed by atoms with Crippen molar-refractivity contribution in [3.63, 3.8) is 0 Å². The standard InChI is InChI=1S/C10H14ClNO2/c1-4-14-9(13)10(3,7-12)5-8(2)6-11/h6H,4-5H2,1-3H3. The third-order valence-corrected chi connectivity index (χ3v) is 2.16. The average molecular weight is 216 g/mol. The molecule has 78 valence electrons. The molecule has 4 heteroatoms. The van der Waals surface area contributed by atoms with Crippen LogP contribution in [0.5, 0.6) is 0 Å². The van der Waals surface area contributed by atoms with E-state index in [2.05, 4.69) is 0 Å². The molecule has 1 atom stereocenters. The largest absolute Gasteiger partial charge is 0.465 e. The number of carbonyl (C=O) groups is 1. The molecule has 0 saturated carbocycles. The summed E-state index contributed by atoms with van der Waals surface area (Å²) in [4.78, 5) is 11.4. The number of allylic oxidation sites excluding steroid dienone is 1. The highest BCUT2D eigenvalue weighted by Gasteiger charge is 2.35. The van der Waals surface area contributed by atoms with Gasteiger partial charge in [-0.1, -0.05) is 17.2 Å². The predicted molar refractivity (Wildman–Crippen MR) is 54.6 cm³/mol. The summed E-state index contributed by atoms with van der Waals surface area (Å²) < 4.78 is 4.81. The van der Waals surface area contributed by atoms with E-state index in [4.69, 9.17) is 21.6 Å². The van der Waals surface area contributed by atoms with E-state index in [1.54, 1.807) is 20.8 Å². The molecule has 0 amide bonds. The minimum atomic E-state index is -1.13. The maximum absolute atomic E-state index is 11.4. The average Bonchev–Trinajstić information content (AvgIpc) is 2.17. The van der Waals surface area contributed by atoms with E-state index in [9.17, 15) is 4.79 Å². The Kier molecular flexibility index (Phi) is 5.26. The smallest absolute Gasteiger partial charge is 0.326 e. The molecule has 0 N–H and O–H groups in total. The van der Waals surface area contributed by atoms with Gasteiger partial charge in [0.15, 0.2) is 5.41 Å². The van der Waals surface area contributed by atoms with E-state index in [-0.39, 0.29) is 6.61 Å². The quantitative estimate of drug-likeness (QED) is 0.678. The number of esters is 1. The summed E-state index contributed by atoms with van der Waals surface area (Å²) in [5.41, 5.74) is 1.02. The Bertz CT molecular complexity index is 280. The number of hydrogen-bond acceptors (Lipinski definition) is 3. The Labute approximate surface area is 89.3 Å². The first-order valence-electron chi connectivity index (χ1n) is 4.34. The monoisotopic (exact) mass is 215 g/mol. The maximum atomic E-state index is 11.4. The van der Waals surface area contributed by atoms with Crippen molar-refractivity contribution >= 4 is 17.6 Å². The summed E-state index contributed by atoms with van der Waals surface area (Å²) >= 11 is 5.47. The predicted octanol–water partition coefficient (Wildman–Crippen LogP) is 2.61. The summed E-state index contributed by atoms with van der Waals surface area (Å²) in [7, 11) is 0. The van der Waals surface area contributed by atoms with Crippen LogP contribution in [0, 0.1) is 16.7 Å². The third-order valence-electron chi connectivity index (χ3n) is 1.79. The number of carbonyl (C=O) groups excluding carboxylic acids is 1. The summed E-state index contributed by atoms with van der Waals surface area (Å²) in [5.74, 6) is -0.500. The van der Waals surface area contributed by atoms with Gasteiger partial charge in [0.05, 0.1) is 12.7 Å². The number of halogens is 1. The van der Waals surface area contributed by atoms with Gasteiger partial charge in [-0.3, -0.25) is 4.79 Å². The molecule has 0 aromatic carbocycles. The molecule has 0 aliphatic rings. The van der Waals surface area contributed by atoms with E-state index in [0.29, 0.717) is 6.42 Å². The van der Waals surface area contributed by atoms with E-state index < -0.39 is 11.4 Å². The van der Waals surface area contributed by atoms with Gasteiger partial charge < -0.3 is 4.74 Å². The third kappa shape index (κ3) is 3.39. The van der Waals surface area contributed by atoms with Gasteiger partial charge in [0.1, 0.15) is 0 Å². The van der Waals surface area contributed by atoms with Gasteiger partial charge in [-0.2, -0.15) is 5.26 Å². The highest BCUT2D eigenvalue weighted by Crippen LogP contribution is 2.26. The van der Waals surface area contributed by atoms with E-state index in [1.165, 1.54) is 5.54 Å². The fraction of sp³-hybridized carbons (Fsp3) is 0.600. The topological polar surface area (TPSA) is 50.1 Å². The van der Waals surface area contributed by atoms with Gasteiger partial charge in [-0.15, -0.1) is 0 Å². The lowest BCUT2D eigenvalue weighted by atomic mass is 9.86. The second kappa shape index (κ2) is 5.66. The van der Waals surface area contributed by atoms with Gasteiger partial charge in [0, 0.05) is 5.54 Å². The molecule has 1 unspecified atom stereocenters. The van der Waals surface area contributed by atoms with Crippen LogP contribution in [0.15, 0.2) is 11.1 Å². The minimum absolute atomic E-state index is 0.278. The van der Waals surface area contributed by atoms with E-state index in [0.717, 1.165) is 5.57 Å². The molecule has 3 nitrogen and oxygen atoms in total. The molecule has 0 saturated heterocycles. The molecule has 0 heterocycles. The molecule has 0 fully saturated rings. The molecule has 0 aromatic rings. The molecular weight excluding hydrogens is 202 g/mol. The van der Waals surface area contributed by atoms with Crippen LogP contribution in [0.3, 0.4) is 0 Å². The van der Waals surface area contributed by atoms with Crippen LogP contribution in [0.4, 0.5) is 0 Å². The molecule has 0 aromatic heterocycles. The Hall–Kier alpha value is -1.01. The van der Waals surface area contributed by atoms with Crippen LogP contribution >= 0.6 is 11.6 Å². The number of ether oxygens (including phenoxy) is 1. The zero-order chi connectivity index (χ0) is 11.2. The molecular formula is C10H14ClNO2. The van der Waals surface area contributed by atoms with Crippen molar-refractivity contribution in [2.45, 2.75) is 27.2 Å². The Morgan fingerprint density at radius 3 is 2.64 bits per heavy atom. The van der Waals surface area contributed by atoms with E-state index in [1.807, 2.05) is 6.07 Å². The van der Waals surface area contributed by atoms with Crippen molar-refractivity contribution < 1.29 is 9.53 Å². The molecule has 0 aliphatic heterocycles. The second-order valence-corrected chi connectivity index (χ2v) is 3.51. The van der Waals surface area contributed by atoms with Crippen LogP contribution in [0.2, 0.25) is 0 Å². The lowest BCUT2D eigenvalue weighted by molar-refractivity contribution is -0.151. The van der Waals surface area contributed by atoms with Crippen LogP contribution in [0.25, 0.3) is 0 Å². The molecule has 0 bridgehead atoms. The van der Waals surface area contributed by atoms with Crippen molar-refractivity contribution in [3.8, 4) is 6.07 Å². The normalized spacial score (nSPS) is 15.5. The second-order valence-electron chi connectivity index (χ2n) is 3.30. The highest BCUT2D eigenvalue weighted by atomic mass is 35.5. The van der Waals surface area contributed by atoms with Crippen molar-refractivity contribution in [1.29, 1.82) is 5.26 Å². The molecule has 0 rings (SSSR count). The summed E-state index contributed by atoms with van der Waals surface area (Å²) in [5, 5.41) is 8.91. The first-order chi connectivity index (χ1) is 6.50. The number of rotatable bonds is 4. The fourth-order valence-corrected chi connectivity index (χ4v) is 1.12. The van der Waals surface area contributed by atoms with Gasteiger partial charge in [-0.25, -0.2) is 0 Å².